The second-order valence-corrected chi connectivity index (χ2v) is 11.5. The maximum absolute atomic E-state index is 5.96. The van der Waals surface area contributed by atoms with Gasteiger partial charge < -0.3 is 0 Å². The molecule has 0 radical (unpaired) electrons. The molecule has 3 heteroatoms. The predicted octanol–water partition coefficient (Wildman–Crippen LogP) is 4.67. The Morgan fingerprint density at radius 3 is 2.25 bits per heavy atom. The summed E-state index contributed by atoms with van der Waals surface area (Å²) in [5.41, 5.74) is 0. The number of allylic oxidation sites excluding steroid dienone is 1. The van der Waals surface area contributed by atoms with E-state index in [1.54, 1.807) is 0 Å². The molecule has 0 spiro atoms. The van der Waals surface area contributed by atoms with Crippen LogP contribution in [0.1, 0.15) is 32.1 Å². The highest BCUT2D eigenvalue weighted by atomic mass is 35.7. The van der Waals surface area contributed by atoms with Gasteiger partial charge in [-0.3, -0.25) is 0 Å². The number of hydrogen-bond donors (Lipinski definition) is 0. The number of rotatable bonds is 7. The highest BCUT2D eigenvalue weighted by molar-refractivity contribution is 7.44. The third-order valence-corrected chi connectivity index (χ3v) is 4.14. The molecule has 72 valence electrons. The van der Waals surface area contributed by atoms with Gasteiger partial charge in [0.05, 0.1) is 0 Å². The lowest BCUT2D eigenvalue weighted by atomic mass is 10.1. The molecule has 0 bridgehead atoms. The fourth-order valence-electron chi connectivity index (χ4n) is 1.08. The molecule has 0 aliphatic carbocycles. The second kappa shape index (κ2) is 6.99. The summed E-state index contributed by atoms with van der Waals surface area (Å²) in [6, 6.07) is 1.03. The first-order valence-corrected chi connectivity index (χ1v) is 9.28. The van der Waals surface area contributed by atoms with Crippen molar-refractivity contribution in [2.24, 2.45) is 0 Å². The zero-order valence-electron chi connectivity index (χ0n) is 7.78. The standard InChI is InChI=1S/C9H18Cl2Si/c1-3-4-5-6-7-8-9-12(2,10)11/h3H,1,4-9H2,2H3. The third kappa shape index (κ3) is 10.5. The molecule has 12 heavy (non-hydrogen) atoms. The summed E-state index contributed by atoms with van der Waals surface area (Å²) >= 11 is 11.9. The van der Waals surface area contributed by atoms with Crippen LogP contribution in [0.2, 0.25) is 12.6 Å². The zero-order valence-corrected chi connectivity index (χ0v) is 10.3. The second-order valence-electron chi connectivity index (χ2n) is 3.31. The van der Waals surface area contributed by atoms with E-state index in [0.717, 1.165) is 12.5 Å². The summed E-state index contributed by atoms with van der Waals surface area (Å²) in [4.78, 5) is 0. The minimum absolute atomic E-state index is 1.03. The molecule has 0 aromatic rings. The van der Waals surface area contributed by atoms with Gasteiger partial charge in [-0.2, -0.15) is 0 Å². The maximum Gasteiger partial charge on any atom is 0.248 e. The van der Waals surface area contributed by atoms with Gasteiger partial charge in [-0.05, 0) is 25.4 Å². The van der Waals surface area contributed by atoms with E-state index in [1.165, 1.54) is 25.7 Å². The van der Waals surface area contributed by atoms with Crippen molar-refractivity contribution in [3.8, 4) is 0 Å². The Kier molecular flexibility index (Phi) is 7.30. The van der Waals surface area contributed by atoms with Gasteiger partial charge in [0, 0.05) is 0 Å². The summed E-state index contributed by atoms with van der Waals surface area (Å²) < 4.78 is 0. The highest BCUT2D eigenvalue weighted by Gasteiger charge is 2.19. The Labute approximate surface area is 86.4 Å². The first-order valence-electron chi connectivity index (χ1n) is 4.55. The molecular formula is C9H18Cl2Si. The van der Waals surface area contributed by atoms with Crippen molar-refractivity contribution in [3.05, 3.63) is 12.7 Å². The third-order valence-electron chi connectivity index (χ3n) is 1.77. The van der Waals surface area contributed by atoms with Gasteiger partial charge in [0.15, 0.2) is 0 Å². The lowest BCUT2D eigenvalue weighted by Gasteiger charge is -2.08. The minimum Gasteiger partial charge on any atom is -0.146 e. The van der Waals surface area contributed by atoms with Crippen LogP contribution in [0.3, 0.4) is 0 Å². The molecule has 0 aliphatic rings. The molecule has 0 atom stereocenters. The predicted molar refractivity (Wildman–Crippen MR) is 61.4 cm³/mol. The van der Waals surface area contributed by atoms with Gasteiger partial charge in [0.2, 0.25) is 6.69 Å². The number of unbranched alkanes of at least 4 members (excludes halogenated alkanes) is 4. The Morgan fingerprint density at radius 1 is 1.17 bits per heavy atom. The normalized spacial score (nSPS) is 11.6. The van der Waals surface area contributed by atoms with E-state index >= 15 is 0 Å². The molecule has 0 heterocycles. The molecule has 0 saturated heterocycles. The van der Waals surface area contributed by atoms with Gasteiger partial charge in [-0.25, -0.2) is 0 Å². The van der Waals surface area contributed by atoms with Crippen molar-refractivity contribution >= 4 is 28.9 Å². The van der Waals surface area contributed by atoms with Crippen molar-refractivity contribution < 1.29 is 0 Å². The highest BCUT2D eigenvalue weighted by Crippen LogP contribution is 2.23. The molecule has 0 rings (SSSR count). The quantitative estimate of drug-likeness (QED) is 0.255. The number of hydrogen-bond acceptors (Lipinski definition) is 0. The van der Waals surface area contributed by atoms with Crippen LogP contribution < -0.4 is 0 Å². The van der Waals surface area contributed by atoms with Crippen LogP contribution in [-0.2, 0) is 0 Å². The van der Waals surface area contributed by atoms with E-state index in [9.17, 15) is 0 Å². The summed E-state index contributed by atoms with van der Waals surface area (Å²) in [6.45, 7) is 3.87. The fraction of sp³-hybridized carbons (Fsp3) is 0.778. The molecule has 0 unspecified atom stereocenters. The van der Waals surface area contributed by atoms with Crippen molar-refractivity contribution in [2.45, 2.75) is 44.7 Å². The van der Waals surface area contributed by atoms with E-state index in [1.807, 2.05) is 12.6 Å². The van der Waals surface area contributed by atoms with Crippen molar-refractivity contribution in [3.63, 3.8) is 0 Å². The molecule has 0 aromatic carbocycles. The first-order chi connectivity index (χ1) is 5.56. The van der Waals surface area contributed by atoms with E-state index < -0.39 is 6.69 Å². The molecule has 0 aliphatic heterocycles. The Morgan fingerprint density at radius 2 is 1.75 bits per heavy atom. The SMILES string of the molecule is C=CCCCCCC[Si](C)(Cl)Cl. The van der Waals surface area contributed by atoms with Gasteiger partial charge in [-0.15, -0.1) is 28.7 Å². The number of halogens is 2. The van der Waals surface area contributed by atoms with Crippen LogP contribution >= 0.6 is 22.2 Å². The smallest absolute Gasteiger partial charge is 0.146 e. The molecule has 0 N–H and O–H groups in total. The maximum atomic E-state index is 5.96. The van der Waals surface area contributed by atoms with E-state index in [4.69, 9.17) is 22.2 Å². The monoisotopic (exact) mass is 224 g/mol. The van der Waals surface area contributed by atoms with E-state index in [2.05, 4.69) is 6.58 Å². The molecule has 0 fully saturated rings. The van der Waals surface area contributed by atoms with Gasteiger partial charge in [0.1, 0.15) is 0 Å². The molecule has 0 aromatic heterocycles. The van der Waals surface area contributed by atoms with Crippen molar-refractivity contribution in [1.29, 1.82) is 0 Å². The van der Waals surface area contributed by atoms with E-state index in [0.29, 0.717) is 0 Å². The van der Waals surface area contributed by atoms with Crippen molar-refractivity contribution in [2.75, 3.05) is 0 Å². The molecular weight excluding hydrogens is 207 g/mol. The van der Waals surface area contributed by atoms with E-state index in [-0.39, 0.29) is 0 Å². The molecule has 0 amide bonds. The van der Waals surface area contributed by atoms with Crippen LogP contribution in [0.15, 0.2) is 12.7 Å². The summed E-state index contributed by atoms with van der Waals surface area (Å²) in [5, 5.41) is 0. The summed E-state index contributed by atoms with van der Waals surface area (Å²) in [5.74, 6) is 0. The van der Waals surface area contributed by atoms with Crippen LogP contribution in [0.25, 0.3) is 0 Å². The van der Waals surface area contributed by atoms with Gasteiger partial charge in [-0.1, -0.05) is 25.3 Å². The fourth-order valence-corrected chi connectivity index (χ4v) is 2.75. The van der Waals surface area contributed by atoms with Crippen LogP contribution in [0.4, 0.5) is 0 Å². The average molecular weight is 225 g/mol. The molecule has 0 nitrogen and oxygen atoms in total. The summed E-state index contributed by atoms with van der Waals surface area (Å²) in [6.07, 6.45) is 8.10. The topological polar surface area (TPSA) is 0 Å². The van der Waals surface area contributed by atoms with Crippen LogP contribution in [0, 0.1) is 0 Å². The Bertz CT molecular complexity index is 118. The van der Waals surface area contributed by atoms with Gasteiger partial charge in [0.25, 0.3) is 0 Å². The Balaban J connectivity index is 3.06. The Hall–Kier alpha value is 0.537. The van der Waals surface area contributed by atoms with Gasteiger partial charge >= 0.3 is 0 Å². The lowest BCUT2D eigenvalue weighted by Crippen LogP contribution is -2.11. The zero-order chi connectivity index (χ0) is 9.45. The largest absolute Gasteiger partial charge is 0.248 e. The van der Waals surface area contributed by atoms with Crippen LogP contribution in [0.5, 0.6) is 0 Å². The first kappa shape index (κ1) is 12.5. The minimum atomic E-state index is -1.80. The average Bonchev–Trinajstić information content (AvgIpc) is 1.94. The van der Waals surface area contributed by atoms with Crippen molar-refractivity contribution in [1.82, 2.24) is 0 Å². The lowest BCUT2D eigenvalue weighted by molar-refractivity contribution is 0.673. The van der Waals surface area contributed by atoms with Crippen LogP contribution in [-0.4, -0.2) is 6.69 Å². The molecule has 0 saturated carbocycles. The summed E-state index contributed by atoms with van der Waals surface area (Å²) in [7, 11) is 0.